The highest BCUT2D eigenvalue weighted by Gasteiger charge is 2.56. The van der Waals surface area contributed by atoms with E-state index in [0.717, 1.165) is 34.1 Å². The van der Waals surface area contributed by atoms with Crippen LogP contribution in [0.2, 0.25) is 0 Å². The van der Waals surface area contributed by atoms with E-state index in [1.165, 1.54) is 17.0 Å². The van der Waals surface area contributed by atoms with E-state index in [1.54, 1.807) is 27.7 Å². The van der Waals surface area contributed by atoms with E-state index < -0.39 is 40.8 Å². The number of carbonyl (C=O) groups excluding carboxylic acids is 1. The number of esters is 1. The minimum Gasteiger partial charge on any atom is -0.458 e. The summed E-state index contributed by atoms with van der Waals surface area (Å²) in [5.74, 6) is -1.35. The number of hydrogen-bond acceptors (Lipinski definition) is 8. The van der Waals surface area contributed by atoms with Gasteiger partial charge in [0.15, 0.2) is 5.54 Å². The summed E-state index contributed by atoms with van der Waals surface area (Å²) in [4.78, 5) is 46.1. The Morgan fingerprint density at radius 3 is 2.58 bits per heavy atom. The fourth-order valence-electron chi connectivity index (χ4n) is 4.66. The van der Waals surface area contributed by atoms with Gasteiger partial charge in [0.1, 0.15) is 28.3 Å². The van der Waals surface area contributed by atoms with E-state index in [1.807, 2.05) is 0 Å². The van der Waals surface area contributed by atoms with Gasteiger partial charge in [-0.15, -0.1) is 11.3 Å². The Bertz CT molecular complexity index is 1710. The molecule has 1 fully saturated rings. The van der Waals surface area contributed by atoms with Crippen LogP contribution in [-0.4, -0.2) is 32.3 Å². The van der Waals surface area contributed by atoms with Crippen LogP contribution < -0.4 is 16.0 Å². The summed E-state index contributed by atoms with van der Waals surface area (Å²) >= 11 is 1.10. The summed E-state index contributed by atoms with van der Waals surface area (Å²) in [7, 11) is 0. The lowest BCUT2D eigenvalue weighted by molar-refractivity contribution is -0.161. The van der Waals surface area contributed by atoms with Crippen molar-refractivity contribution in [1.82, 2.24) is 14.1 Å². The van der Waals surface area contributed by atoms with E-state index >= 15 is 0 Å². The monoisotopic (exact) mass is 577 g/mol. The maximum Gasteiger partial charge on any atom is 0.387 e. The lowest BCUT2D eigenvalue weighted by Gasteiger charge is -2.25. The standard InChI is InChI=1S/C27H26F3N3O6S/c1-14-18-21(34)33(27(8-9-27)23(35)39-26(2,3)4)25(36)32(22(18)40-19(14)20-31-10-12-37-20)11-7-15-13-16(28)5-6-17(15)38-24(29)30/h5-6,10,12-13,24H,7-9,11H2,1-4H3. The van der Waals surface area contributed by atoms with Gasteiger partial charge in [-0.1, -0.05) is 0 Å². The van der Waals surface area contributed by atoms with Crippen molar-refractivity contribution in [1.29, 1.82) is 0 Å². The Labute approximate surface area is 229 Å². The molecule has 0 bridgehead atoms. The lowest BCUT2D eigenvalue weighted by atomic mass is 10.1. The Balaban J connectivity index is 1.69. The normalized spacial score (nSPS) is 14.6. The molecule has 3 heterocycles. The fourth-order valence-corrected chi connectivity index (χ4v) is 5.92. The Morgan fingerprint density at radius 2 is 1.98 bits per heavy atom. The molecule has 0 N–H and O–H groups in total. The minimum absolute atomic E-state index is 0.0856. The first kappa shape index (κ1) is 27.7. The van der Waals surface area contributed by atoms with Gasteiger partial charge in [0.25, 0.3) is 5.56 Å². The van der Waals surface area contributed by atoms with Gasteiger partial charge in [-0.3, -0.25) is 9.36 Å². The average Bonchev–Trinajstić information content (AvgIpc) is 3.31. The van der Waals surface area contributed by atoms with Crippen LogP contribution in [0.25, 0.3) is 21.0 Å². The van der Waals surface area contributed by atoms with E-state index in [0.29, 0.717) is 10.4 Å². The van der Waals surface area contributed by atoms with Crippen LogP contribution in [0.1, 0.15) is 44.7 Å². The number of carbonyl (C=O) groups is 1. The number of oxazole rings is 1. The summed E-state index contributed by atoms with van der Waals surface area (Å²) in [6.07, 6.45) is 3.20. The third kappa shape index (κ3) is 4.93. The summed E-state index contributed by atoms with van der Waals surface area (Å²) in [5, 5.41) is 0.191. The Kier molecular flexibility index (Phi) is 6.89. The zero-order chi connectivity index (χ0) is 29.0. The molecule has 0 radical (unpaired) electrons. The molecule has 0 aliphatic heterocycles. The van der Waals surface area contributed by atoms with Gasteiger partial charge in [-0.05, 0) is 76.3 Å². The molecule has 0 saturated heterocycles. The van der Waals surface area contributed by atoms with Crippen molar-refractivity contribution in [2.45, 2.75) is 71.3 Å². The molecule has 5 rings (SSSR count). The number of nitrogens with zero attached hydrogens (tertiary/aromatic N) is 3. The number of benzene rings is 1. The van der Waals surface area contributed by atoms with Crippen molar-refractivity contribution in [3.8, 4) is 16.5 Å². The number of thiophene rings is 1. The largest absolute Gasteiger partial charge is 0.458 e. The fraction of sp³-hybridized carbons (Fsp3) is 0.407. The zero-order valence-corrected chi connectivity index (χ0v) is 22.9. The lowest BCUT2D eigenvalue weighted by Crippen LogP contribution is -2.50. The molecule has 1 aliphatic carbocycles. The molecular weight excluding hydrogens is 551 g/mol. The third-order valence-electron chi connectivity index (χ3n) is 6.61. The summed E-state index contributed by atoms with van der Waals surface area (Å²) < 4.78 is 57.8. The van der Waals surface area contributed by atoms with Gasteiger partial charge in [0, 0.05) is 6.54 Å². The number of fused-ring (bicyclic) bond motifs is 1. The van der Waals surface area contributed by atoms with E-state index in [2.05, 4.69) is 9.72 Å². The van der Waals surface area contributed by atoms with Gasteiger partial charge < -0.3 is 13.9 Å². The van der Waals surface area contributed by atoms with Crippen molar-refractivity contribution in [3.63, 3.8) is 0 Å². The summed E-state index contributed by atoms with van der Waals surface area (Å²) in [6.45, 7) is 3.49. The first-order chi connectivity index (χ1) is 18.8. The number of rotatable bonds is 8. The Morgan fingerprint density at radius 1 is 1.25 bits per heavy atom. The topological polar surface area (TPSA) is 106 Å². The SMILES string of the molecule is Cc1c(-c2ncco2)sc2c1c(=O)n(C1(C(=O)OC(C)(C)C)CC1)c(=O)n2CCc1cc(F)ccc1OC(F)F. The first-order valence-corrected chi connectivity index (χ1v) is 13.3. The quantitative estimate of drug-likeness (QED) is 0.271. The van der Waals surface area contributed by atoms with Crippen molar-refractivity contribution >= 4 is 27.5 Å². The van der Waals surface area contributed by atoms with E-state index in [4.69, 9.17) is 9.15 Å². The minimum atomic E-state index is -3.13. The van der Waals surface area contributed by atoms with Crippen molar-refractivity contribution < 1.29 is 31.9 Å². The maximum atomic E-state index is 14.0. The highest BCUT2D eigenvalue weighted by atomic mass is 32.1. The summed E-state index contributed by atoms with van der Waals surface area (Å²) in [6, 6.07) is 3.14. The molecule has 212 valence electrons. The number of alkyl halides is 2. The number of aromatic nitrogens is 3. The van der Waals surface area contributed by atoms with Gasteiger partial charge in [0.2, 0.25) is 5.89 Å². The van der Waals surface area contributed by atoms with Crippen molar-refractivity contribution in [2.24, 2.45) is 0 Å². The second-order valence-electron chi connectivity index (χ2n) is 10.6. The predicted octanol–water partition coefficient (Wildman–Crippen LogP) is 5.00. The average molecular weight is 578 g/mol. The van der Waals surface area contributed by atoms with Crippen LogP contribution in [0.3, 0.4) is 0 Å². The third-order valence-corrected chi connectivity index (χ3v) is 7.92. The van der Waals surface area contributed by atoms with Crippen LogP contribution >= 0.6 is 11.3 Å². The zero-order valence-electron chi connectivity index (χ0n) is 22.1. The van der Waals surface area contributed by atoms with Crippen LogP contribution in [0.5, 0.6) is 5.75 Å². The predicted molar refractivity (Wildman–Crippen MR) is 140 cm³/mol. The van der Waals surface area contributed by atoms with Crippen molar-refractivity contribution in [3.05, 3.63) is 68.4 Å². The molecule has 0 unspecified atom stereocenters. The van der Waals surface area contributed by atoms with E-state index in [-0.39, 0.29) is 53.2 Å². The number of ether oxygens (including phenoxy) is 2. The first-order valence-electron chi connectivity index (χ1n) is 12.5. The second-order valence-corrected chi connectivity index (χ2v) is 11.6. The smallest absolute Gasteiger partial charge is 0.387 e. The van der Waals surface area contributed by atoms with Gasteiger partial charge in [0.05, 0.1) is 16.5 Å². The highest BCUT2D eigenvalue weighted by Crippen LogP contribution is 2.45. The molecule has 0 atom stereocenters. The molecule has 0 amide bonds. The van der Waals surface area contributed by atoms with Gasteiger partial charge in [-0.2, -0.15) is 8.78 Å². The maximum absolute atomic E-state index is 14.0. The van der Waals surface area contributed by atoms with E-state index in [9.17, 15) is 27.6 Å². The number of halogens is 3. The number of hydrogen-bond donors (Lipinski definition) is 0. The highest BCUT2D eigenvalue weighted by molar-refractivity contribution is 7.22. The summed E-state index contributed by atoms with van der Waals surface area (Å²) in [5.41, 5.74) is -3.14. The number of aryl methyl sites for hydroxylation is 3. The van der Waals surface area contributed by atoms with Crippen LogP contribution in [-0.2, 0) is 28.0 Å². The van der Waals surface area contributed by atoms with Crippen molar-refractivity contribution in [2.75, 3.05) is 0 Å². The van der Waals surface area contributed by atoms with Crippen LogP contribution in [0.15, 0.2) is 44.7 Å². The van der Waals surface area contributed by atoms with Gasteiger partial charge >= 0.3 is 18.3 Å². The molecule has 1 aliphatic rings. The molecule has 4 aromatic rings. The Hall–Kier alpha value is -3.87. The van der Waals surface area contributed by atoms with Gasteiger partial charge in [-0.25, -0.2) is 23.5 Å². The molecule has 3 aromatic heterocycles. The second kappa shape index (κ2) is 9.95. The molecule has 13 heteroatoms. The molecular formula is C27H26F3N3O6S. The molecule has 1 aromatic carbocycles. The molecule has 1 saturated carbocycles. The molecule has 0 spiro atoms. The molecule has 40 heavy (non-hydrogen) atoms. The van der Waals surface area contributed by atoms with Crippen LogP contribution in [0.4, 0.5) is 13.2 Å². The van der Waals surface area contributed by atoms with Crippen LogP contribution in [0, 0.1) is 12.7 Å². The molecule has 9 nitrogen and oxygen atoms in total.